The average Bonchev–Trinajstić information content (AvgIpc) is 3.19. The molecule has 1 amide bonds. The van der Waals surface area contributed by atoms with E-state index in [4.69, 9.17) is 0 Å². The van der Waals surface area contributed by atoms with Crippen LogP contribution in [0.4, 0.5) is 0 Å². The highest BCUT2D eigenvalue weighted by atomic mass is 16.3. The number of fused-ring (bicyclic) bond motifs is 1. The highest BCUT2D eigenvalue weighted by Crippen LogP contribution is 2.21. The van der Waals surface area contributed by atoms with E-state index in [2.05, 4.69) is 15.2 Å². The van der Waals surface area contributed by atoms with Gasteiger partial charge in [-0.1, -0.05) is 12.1 Å². The van der Waals surface area contributed by atoms with Gasteiger partial charge in [-0.2, -0.15) is 15.0 Å². The Hall–Kier alpha value is -2.80. The van der Waals surface area contributed by atoms with Crippen LogP contribution in [0.3, 0.4) is 0 Å². The predicted octanol–water partition coefficient (Wildman–Crippen LogP) is 0.888. The standard InChI is InChI=1S/C18H19N5O2/c24-17-11-22(10-14(17)9-13-5-7-19-8-6-13)18(25)12-23-20-15-3-1-2-4-16(15)21-23/h1-8,14,17,24H,9-12H2/t14-,17+/m1/s1. The minimum Gasteiger partial charge on any atom is -0.391 e. The third-order valence-corrected chi connectivity index (χ3v) is 4.61. The van der Waals surface area contributed by atoms with Crippen LogP contribution in [-0.2, 0) is 17.8 Å². The fourth-order valence-corrected chi connectivity index (χ4v) is 3.28. The van der Waals surface area contributed by atoms with Crippen LogP contribution in [-0.4, -0.2) is 55.1 Å². The smallest absolute Gasteiger partial charge is 0.246 e. The lowest BCUT2D eigenvalue weighted by Crippen LogP contribution is -2.33. The van der Waals surface area contributed by atoms with E-state index in [-0.39, 0.29) is 18.4 Å². The highest BCUT2D eigenvalue weighted by Gasteiger charge is 2.34. The van der Waals surface area contributed by atoms with Crippen LogP contribution < -0.4 is 0 Å². The van der Waals surface area contributed by atoms with Crippen molar-refractivity contribution >= 4 is 16.9 Å². The monoisotopic (exact) mass is 337 g/mol. The second kappa shape index (κ2) is 6.60. The molecule has 0 spiro atoms. The number of likely N-dealkylation sites (tertiary alicyclic amines) is 1. The summed E-state index contributed by atoms with van der Waals surface area (Å²) in [5, 5.41) is 18.9. The summed E-state index contributed by atoms with van der Waals surface area (Å²) in [6.07, 6.45) is 3.71. The molecule has 0 radical (unpaired) electrons. The molecule has 4 rings (SSSR count). The van der Waals surface area contributed by atoms with Gasteiger partial charge in [-0.25, -0.2) is 0 Å². The SMILES string of the molecule is O=C(Cn1nc2ccccc2n1)N1C[C@@H](Cc2ccncc2)[C@@H](O)C1. The van der Waals surface area contributed by atoms with Gasteiger partial charge in [0.1, 0.15) is 17.6 Å². The Morgan fingerprint density at radius 2 is 1.76 bits per heavy atom. The number of benzene rings is 1. The lowest BCUT2D eigenvalue weighted by Gasteiger charge is -2.15. The van der Waals surface area contributed by atoms with Crippen LogP contribution >= 0.6 is 0 Å². The molecule has 0 unspecified atom stereocenters. The lowest BCUT2D eigenvalue weighted by atomic mass is 9.97. The number of hydrogen-bond donors (Lipinski definition) is 1. The first-order valence-corrected chi connectivity index (χ1v) is 8.33. The van der Waals surface area contributed by atoms with Gasteiger partial charge >= 0.3 is 0 Å². The van der Waals surface area contributed by atoms with Gasteiger partial charge in [0.15, 0.2) is 0 Å². The molecule has 7 nitrogen and oxygen atoms in total. The van der Waals surface area contributed by atoms with E-state index in [0.717, 1.165) is 23.0 Å². The summed E-state index contributed by atoms with van der Waals surface area (Å²) < 4.78 is 0. The molecule has 1 N–H and O–H groups in total. The zero-order valence-corrected chi connectivity index (χ0v) is 13.7. The van der Waals surface area contributed by atoms with Crippen LogP contribution in [0.2, 0.25) is 0 Å². The normalized spacial score (nSPS) is 20.3. The van der Waals surface area contributed by atoms with Crippen molar-refractivity contribution in [1.29, 1.82) is 0 Å². The molecule has 7 heteroatoms. The molecule has 1 aromatic carbocycles. The molecule has 1 saturated heterocycles. The number of nitrogens with zero attached hydrogens (tertiary/aromatic N) is 5. The van der Waals surface area contributed by atoms with Gasteiger partial charge in [0, 0.05) is 31.4 Å². The minimum atomic E-state index is -0.512. The van der Waals surface area contributed by atoms with Gasteiger partial charge < -0.3 is 10.0 Å². The maximum Gasteiger partial charge on any atom is 0.246 e. The first-order valence-electron chi connectivity index (χ1n) is 8.33. The number of aromatic nitrogens is 4. The molecule has 2 atom stereocenters. The van der Waals surface area contributed by atoms with Gasteiger partial charge in [0.25, 0.3) is 0 Å². The Kier molecular flexibility index (Phi) is 4.15. The predicted molar refractivity (Wildman–Crippen MR) is 91.5 cm³/mol. The zero-order valence-electron chi connectivity index (χ0n) is 13.7. The summed E-state index contributed by atoms with van der Waals surface area (Å²) >= 11 is 0. The fourth-order valence-electron chi connectivity index (χ4n) is 3.28. The van der Waals surface area contributed by atoms with E-state index >= 15 is 0 Å². The first kappa shape index (κ1) is 15.7. The molecule has 1 fully saturated rings. The summed E-state index contributed by atoms with van der Waals surface area (Å²) in [6.45, 7) is 0.988. The molecular formula is C18H19N5O2. The third kappa shape index (κ3) is 3.36. The second-order valence-electron chi connectivity index (χ2n) is 6.40. The van der Waals surface area contributed by atoms with E-state index in [1.807, 2.05) is 36.4 Å². The van der Waals surface area contributed by atoms with Crippen molar-refractivity contribution < 1.29 is 9.90 Å². The van der Waals surface area contributed by atoms with Crippen molar-refractivity contribution in [2.24, 2.45) is 5.92 Å². The van der Waals surface area contributed by atoms with Crippen LogP contribution in [0.1, 0.15) is 5.56 Å². The molecule has 1 aliphatic heterocycles. The number of carbonyl (C=O) groups is 1. The van der Waals surface area contributed by atoms with E-state index in [1.54, 1.807) is 17.3 Å². The van der Waals surface area contributed by atoms with Gasteiger partial charge in [-0.05, 0) is 36.2 Å². The maximum atomic E-state index is 12.5. The van der Waals surface area contributed by atoms with E-state index in [9.17, 15) is 9.90 Å². The van der Waals surface area contributed by atoms with Gasteiger partial charge in [0.2, 0.25) is 5.91 Å². The van der Waals surface area contributed by atoms with E-state index in [1.165, 1.54) is 4.80 Å². The van der Waals surface area contributed by atoms with Crippen molar-refractivity contribution in [3.8, 4) is 0 Å². The quantitative estimate of drug-likeness (QED) is 0.764. The van der Waals surface area contributed by atoms with Crippen molar-refractivity contribution in [3.63, 3.8) is 0 Å². The molecule has 3 aromatic rings. The Morgan fingerprint density at radius 3 is 2.44 bits per heavy atom. The van der Waals surface area contributed by atoms with Crippen molar-refractivity contribution in [2.45, 2.75) is 19.1 Å². The molecule has 0 saturated carbocycles. The summed E-state index contributed by atoms with van der Waals surface area (Å²) in [5.41, 5.74) is 2.66. The topological polar surface area (TPSA) is 84.1 Å². The van der Waals surface area contributed by atoms with Gasteiger partial charge in [-0.3, -0.25) is 9.78 Å². The lowest BCUT2D eigenvalue weighted by molar-refractivity contribution is -0.131. The van der Waals surface area contributed by atoms with Crippen LogP contribution in [0.25, 0.3) is 11.0 Å². The van der Waals surface area contributed by atoms with Crippen molar-refractivity contribution in [3.05, 3.63) is 54.4 Å². The van der Waals surface area contributed by atoms with Crippen molar-refractivity contribution in [1.82, 2.24) is 24.9 Å². The highest BCUT2D eigenvalue weighted by molar-refractivity contribution is 5.77. The molecular weight excluding hydrogens is 318 g/mol. The van der Waals surface area contributed by atoms with Crippen LogP contribution in [0.15, 0.2) is 48.8 Å². The molecule has 3 heterocycles. The number of rotatable bonds is 4. The second-order valence-corrected chi connectivity index (χ2v) is 6.40. The summed E-state index contributed by atoms with van der Waals surface area (Å²) in [4.78, 5) is 19.7. The summed E-state index contributed by atoms with van der Waals surface area (Å²) in [5.74, 6) is -0.0346. The molecule has 1 aliphatic rings. The minimum absolute atomic E-state index is 0.0380. The third-order valence-electron chi connectivity index (χ3n) is 4.61. The number of carbonyl (C=O) groups excluding carboxylic acids is 1. The Labute approximate surface area is 144 Å². The number of hydrogen-bond acceptors (Lipinski definition) is 5. The Bertz CT molecular complexity index is 846. The van der Waals surface area contributed by atoms with Gasteiger partial charge in [-0.15, -0.1) is 0 Å². The van der Waals surface area contributed by atoms with Crippen molar-refractivity contribution in [2.75, 3.05) is 13.1 Å². The maximum absolute atomic E-state index is 12.5. The number of pyridine rings is 1. The zero-order chi connectivity index (χ0) is 17.2. The number of aliphatic hydroxyl groups excluding tert-OH is 1. The summed E-state index contributed by atoms with van der Waals surface area (Å²) in [7, 11) is 0. The van der Waals surface area contributed by atoms with Crippen LogP contribution in [0.5, 0.6) is 0 Å². The van der Waals surface area contributed by atoms with Gasteiger partial charge in [0.05, 0.1) is 6.10 Å². The van der Waals surface area contributed by atoms with Crippen LogP contribution in [0, 0.1) is 5.92 Å². The summed E-state index contributed by atoms with van der Waals surface area (Å²) in [6, 6.07) is 11.4. The first-order chi connectivity index (χ1) is 12.2. The molecule has 2 aromatic heterocycles. The largest absolute Gasteiger partial charge is 0.391 e. The van der Waals surface area contributed by atoms with E-state index in [0.29, 0.717) is 13.1 Å². The fraction of sp³-hybridized carbons (Fsp3) is 0.333. The molecule has 0 bridgehead atoms. The van der Waals surface area contributed by atoms with E-state index < -0.39 is 6.10 Å². The Morgan fingerprint density at radius 1 is 1.08 bits per heavy atom. The number of amides is 1. The molecule has 25 heavy (non-hydrogen) atoms. The average molecular weight is 337 g/mol. The Balaban J connectivity index is 1.40. The number of β-amino-alcohol motifs (C(OH)–C–C–N with tert-alkyl or cyclic N) is 1. The molecule has 128 valence electrons. The molecule has 0 aliphatic carbocycles. The number of aliphatic hydroxyl groups is 1.